The number of amides is 3. The highest BCUT2D eigenvalue weighted by Crippen LogP contribution is 2.28. The number of hydrogen-bond acceptors (Lipinski definition) is 4. The lowest BCUT2D eigenvalue weighted by Gasteiger charge is -2.29. The molecule has 120 valence electrons. The number of carbonyl (C=O) groups excluding carboxylic acids is 4. The smallest absolute Gasteiger partial charge is 0.255 e. The third-order valence-corrected chi connectivity index (χ3v) is 4.33. The van der Waals surface area contributed by atoms with E-state index in [1.807, 2.05) is 13.8 Å². The van der Waals surface area contributed by atoms with E-state index in [-0.39, 0.29) is 29.9 Å². The average molecular weight is 314 g/mol. The molecule has 6 nitrogen and oxygen atoms in total. The lowest BCUT2D eigenvalue weighted by molar-refractivity contribution is -0.136. The van der Waals surface area contributed by atoms with Gasteiger partial charge in [0.2, 0.25) is 11.8 Å². The summed E-state index contributed by atoms with van der Waals surface area (Å²) in [5, 5.41) is 2.27. The highest BCUT2D eigenvalue weighted by atomic mass is 16.2. The van der Waals surface area contributed by atoms with Gasteiger partial charge < -0.3 is 4.90 Å². The number of hydrogen-bond donors (Lipinski definition) is 1. The quantitative estimate of drug-likeness (QED) is 0.673. The molecular formula is C17H18N2O4. The first-order valence-corrected chi connectivity index (χ1v) is 7.70. The van der Waals surface area contributed by atoms with Crippen molar-refractivity contribution in [3.8, 4) is 0 Å². The van der Waals surface area contributed by atoms with E-state index in [1.165, 1.54) is 4.90 Å². The number of fused-ring (bicyclic) bond motifs is 1. The summed E-state index contributed by atoms with van der Waals surface area (Å²) >= 11 is 0. The zero-order valence-corrected chi connectivity index (χ0v) is 13.1. The molecule has 3 amide bonds. The number of nitrogens with one attached hydrogen (secondary N) is 1. The Labute approximate surface area is 133 Å². The summed E-state index contributed by atoms with van der Waals surface area (Å²) in [5.41, 5.74) is 1.86. The molecule has 2 aliphatic heterocycles. The van der Waals surface area contributed by atoms with Gasteiger partial charge in [0, 0.05) is 30.0 Å². The van der Waals surface area contributed by atoms with Crippen LogP contribution in [0, 0.1) is 5.92 Å². The van der Waals surface area contributed by atoms with Crippen molar-refractivity contribution in [1.29, 1.82) is 0 Å². The standard InChI is InChI=1S/C17H18N2O4/c1-9(2)15(21)10-3-4-12-11(7-10)8-19(17(12)23)13-5-6-14(20)18-16(13)22/h3-4,7,9,13H,5-6,8H2,1-2H3,(H,18,20,22). The van der Waals surface area contributed by atoms with E-state index in [2.05, 4.69) is 5.32 Å². The van der Waals surface area contributed by atoms with Crippen LogP contribution in [0.2, 0.25) is 0 Å². The number of Topliss-reactive ketones (excluding diaryl/α,β-unsaturated/α-hetero) is 1. The molecule has 0 bridgehead atoms. The van der Waals surface area contributed by atoms with Crippen LogP contribution in [0.25, 0.3) is 0 Å². The van der Waals surface area contributed by atoms with Crippen LogP contribution in [0.15, 0.2) is 18.2 Å². The SMILES string of the molecule is CC(C)C(=O)c1ccc2c(c1)CN(C1CCC(=O)NC1=O)C2=O. The molecule has 1 atom stereocenters. The number of carbonyl (C=O) groups is 4. The molecule has 0 aliphatic carbocycles. The van der Waals surface area contributed by atoms with E-state index in [0.717, 1.165) is 5.56 Å². The van der Waals surface area contributed by atoms with Crippen LogP contribution in [-0.4, -0.2) is 34.4 Å². The molecule has 1 saturated heterocycles. The van der Waals surface area contributed by atoms with Crippen molar-refractivity contribution in [3.05, 3.63) is 34.9 Å². The molecule has 1 aromatic rings. The van der Waals surface area contributed by atoms with Crippen molar-refractivity contribution >= 4 is 23.5 Å². The summed E-state index contributed by atoms with van der Waals surface area (Å²) in [7, 11) is 0. The van der Waals surface area contributed by atoms with Gasteiger partial charge in [0.25, 0.3) is 5.91 Å². The third-order valence-electron chi connectivity index (χ3n) is 4.33. The molecule has 0 saturated carbocycles. The number of rotatable bonds is 3. The van der Waals surface area contributed by atoms with Gasteiger partial charge in [-0.05, 0) is 24.1 Å². The largest absolute Gasteiger partial charge is 0.322 e. The monoisotopic (exact) mass is 314 g/mol. The molecule has 1 aromatic carbocycles. The number of imide groups is 1. The minimum atomic E-state index is -0.628. The Hall–Kier alpha value is -2.50. The van der Waals surface area contributed by atoms with Crippen molar-refractivity contribution < 1.29 is 19.2 Å². The minimum Gasteiger partial charge on any atom is -0.322 e. The third kappa shape index (κ3) is 2.65. The highest BCUT2D eigenvalue weighted by Gasteiger charge is 2.39. The molecule has 1 unspecified atom stereocenters. The molecule has 2 aliphatic rings. The first-order chi connectivity index (χ1) is 10.9. The van der Waals surface area contributed by atoms with Crippen LogP contribution in [0.3, 0.4) is 0 Å². The van der Waals surface area contributed by atoms with E-state index >= 15 is 0 Å². The molecule has 1 fully saturated rings. The van der Waals surface area contributed by atoms with E-state index in [9.17, 15) is 19.2 Å². The minimum absolute atomic E-state index is 0.0275. The van der Waals surface area contributed by atoms with Crippen LogP contribution >= 0.6 is 0 Å². The Morgan fingerprint density at radius 2 is 2.00 bits per heavy atom. The van der Waals surface area contributed by atoms with E-state index in [0.29, 0.717) is 24.1 Å². The molecular weight excluding hydrogens is 296 g/mol. The van der Waals surface area contributed by atoms with Crippen LogP contribution in [0.4, 0.5) is 0 Å². The van der Waals surface area contributed by atoms with E-state index in [1.54, 1.807) is 18.2 Å². The Morgan fingerprint density at radius 1 is 1.26 bits per heavy atom. The zero-order valence-electron chi connectivity index (χ0n) is 13.1. The maximum absolute atomic E-state index is 12.5. The number of benzene rings is 1. The van der Waals surface area contributed by atoms with Gasteiger partial charge in [-0.1, -0.05) is 19.9 Å². The number of nitrogens with zero attached hydrogens (tertiary/aromatic N) is 1. The first-order valence-electron chi connectivity index (χ1n) is 7.70. The first kappa shape index (κ1) is 15.4. The summed E-state index contributed by atoms with van der Waals surface area (Å²) in [4.78, 5) is 49.3. The molecule has 0 spiro atoms. The second kappa shape index (κ2) is 5.61. The summed E-state index contributed by atoms with van der Waals surface area (Å²) in [5.74, 6) is -1.05. The van der Waals surface area contributed by atoms with Crippen molar-refractivity contribution in [2.45, 2.75) is 39.3 Å². The molecule has 2 heterocycles. The summed E-state index contributed by atoms with van der Waals surface area (Å²) in [6, 6.07) is 4.42. The van der Waals surface area contributed by atoms with Crippen LogP contribution < -0.4 is 5.32 Å². The Morgan fingerprint density at radius 3 is 2.65 bits per heavy atom. The maximum atomic E-state index is 12.5. The fourth-order valence-electron chi connectivity index (χ4n) is 3.06. The summed E-state index contributed by atoms with van der Waals surface area (Å²) in [6.07, 6.45) is 0.565. The normalized spacial score (nSPS) is 20.7. The van der Waals surface area contributed by atoms with E-state index < -0.39 is 11.9 Å². The lowest BCUT2D eigenvalue weighted by atomic mass is 9.98. The van der Waals surface area contributed by atoms with Gasteiger partial charge in [0.1, 0.15) is 6.04 Å². The van der Waals surface area contributed by atoms with Gasteiger partial charge in [-0.3, -0.25) is 24.5 Å². The van der Waals surface area contributed by atoms with Crippen LogP contribution in [0.1, 0.15) is 53.0 Å². The van der Waals surface area contributed by atoms with Gasteiger partial charge >= 0.3 is 0 Å². The van der Waals surface area contributed by atoms with Crippen molar-refractivity contribution in [3.63, 3.8) is 0 Å². The lowest BCUT2D eigenvalue weighted by Crippen LogP contribution is -2.52. The molecule has 0 radical (unpaired) electrons. The topological polar surface area (TPSA) is 83.6 Å². The molecule has 23 heavy (non-hydrogen) atoms. The second-order valence-corrected chi connectivity index (χ2v) is 6.29. The van der Waals surface area contributed by atoms with Crippen molar-refractivity contribution in [2.75, 3.05) is 0 Å². The van der Waals surface area contributed by atoms with Gasteiger partial charge in [-0.15, -0.1) is 0 Å². The predicted molar refractivity (Wildman–Crippen MR) is 81.7 cm³/mol. The molecule has 1 N–H and O–H groups in total. The second-order valence-electron chi connectivity index (χ2n) is 6.29. The predicted octanol–water partition coefficient (Wildman–Crippen LogP) is 1.29. The highest BCUT2D eigenvalue weighted by molar-refractivity contribution is 6.06. The van der Waals surface area contributed by atoms with Gasteiger partial charge in [0.15, 0.2) is 5.78 Å². The van der Waals surface area contributed by atoms with Crippen LogP contribution in [-0.2, 0) is 16.1 Å². The zero-order chi connectivity index (χ0) is 16.7. The maximum Gasteiger partial charge on any atom is 0.255 e. The number of piperidine rings is 1. The Balaban J connectivity index is 1.86. The van der Waals surface area contributed by atoms with Gasteiger partial charge in [-0.25, -0.2) is 0 Å². The average Bonchev–Trinajstić information content (AvgIpc) is 2.83. The summed E-state index contributed by atoms with van der Waals surface area (Å²) < 4.78 is 0. The summed E-state index contributed by atoms with van der Waals surface area (Å²) in [6.45, 7) is 3.95. The van der Waals surface area contributed by atoms with Gasteiger partial charge in [-0.2, -0.15) is 0 Å². The molecule has 3 rings (SSSR count). The molecule has 0 aromatic heterocycles. The van der Waals surface area contributed by atoms with Crippen molar-refractivity contribution in [2.24, 2.45) is 5.92 Å². The molecule has 6 heteroatoms. The Kier molecular flexibility index (Phi) is 3.75. The van der Waals surface area contributed by atoms with Crippen LogP contribution in [0.5, 0.6) is 0 Å². The van der Waals surface area contributed by atoms with Gasteiger partial charge in [0.05, 0.1) is 0 Å². The fourth-order valence-corrected chi connectivity index (χ4v) is 3.06. The Bertz CT molecular complexity index is 723. The number of ketones is 1. The fraction of sp³-hybridized carbons (Fsp3) is 0.412. The van der Waals surface area contributed by atoms with Crippen molar-refractivity contribution in [1.82, 2.24) is 10.2 Å². The van der Waals surface area contributed by atoms with E-state index in [4.69, 9.17) is 0 Å².